The van der Waals surface area contributed by atoms with Crippen LogP contribution in [0.4, 0.5) is 0 Å². The largest absolute Gasteiger partial charge is 0.349 e. The van der Waals surface area contributed by atoms with Crippen LogP contribution in [0.1, 0.15) is 12.5 Å². The lowest BCUT2D eigenvalue weighted by molar-refractivity contribution is -0.120. The highest BCUT2D eigenvalue weighted by atomic mass is 32.2. The number of amides is 1. The number of carbonyl (C=O) groups excluding carboxylic acids is 1. The molecule has 20 heavy (non-hydrogen) atoms. The second-order valence-electron chi connectivity index (χ2n) is 4.20. The minimum absolute atomic E-state index is 0.0653. The molecule has 4 N–H and O–H groups in total. The molecule has 112 valence electrons. The number of rotatable bonds is 6. The molecule has 1 amide bonds. The molecule has 0 aliphatic rings. The highest BCUT2D eigenvalue weighted by Gasteiger charge is 2.18. The normalized spacial score (nSPS) is 13.2. The van der Waals surface area contributed by atoms with Crippen LogP contribution in [-0.2, 0) is 14.8 Å². The van der Waals surface area contributed by atoms with Crippen molar-refractivity contribution in [2.75, 3.05) is 6.54 Å². The van der Waals surface area contributed by atoms with Gasteiger partial charge in [-0.25, -0.2) is 13.1 Å². The van der Waals surface area contributed by atoms with E-state index in [1.807, 2.05) is 6.92 Å². The highest BCUT2D eigenvalue weighted by molar-refractivity contribution is 7.89. The number of hydrogen-bond acceptors (Lipinski definition) is 5. The van der Waals surface area contributed by atoms with E-state index in [1.54, 1.807) is 12.1 Å². The summed E-state index contributed by atoms with van der Waals surface area (Å²) in [6.45, 7) is 2.78. The van der Waals surface area contributed by atoms with Crippen LogP contribution in [0.5, 0.6) is 0 Å². The van der Waals surface area contributed by atoms with Gasteiger partial charge in [0, 0.05) is 0 Å². The number of carbonyl (C=O) groups is 1. The zero-order valence-electron chi connectivity index (χ0n) is 11.1. The molecule has 0 fully saturated rings. The Labute approximate surface area is 119 Å². The van der Waals surface area contributed by atoms with Gasteiger partial charge in [0.2, 0.25) is 15.9 Å². The Morgan fingerprint density at radius 3 is 2.35 bits per heavy atom. The SMILES string of the molecule is Cc1ccc(S(=O)(=O)NCC(=O)NC(C)P(O)O)cc1. The van der Waals surface area contributed by atoms with Gasteiger partial charge in [-0.15, -0.1) is 0 Å². The van der Waals surface area contributed by atoms with Crippen molar-refractivity contribution >= 4 is 24.3 Å². The summed E-state index contributed by atoms with van der Waals surface area (Å²) in [6.07, 6.45) is 0. The maximum absolute atomic E-state index is 11.9. The summed E-state index contributed by atoms with van der Waals surface area (Å²) in [5.74, 6) is -1.45. The molecule has 1 rings (SSSR count). The fraction of sp³-hybridized carbons (Fsp3) is 0.364. The molecule has 1 aromatic carbocycles. The average Bonchev–Trinajstić information content (AvgIpc) is 2.37. The Bertz CT molecular complexity index is 559. The number of hydrogen-bond donors (Lipinski definition) is 4. The zero-order chi connectivity index (χ0) is 15.3. The van der Waals surface area contributed by atoms with Gasteiger partial charge in [0.05, 0.1) is 17.2 Å². The van der Waals surface area contributed by atoms with E-state index in [1.165, 1.54) is 19.1 Å². The quantitative estimate of drug-likeness (QED) is 0.552. The van der Waals surface area contributed by atoms with Crippen LogP contribution in [0.2, 0.25) is 0 Å². The molecule has 0 aromatic heterocycles. The van der Waals surface area contributed by atoms with E-state index in [2.05, 4.69) is 10.0 Å². The molecule has 0 spiro atoms. The molecule has 0 aliphatic carbocycles. The van der Waals surface area contributed by atoms with Gasteiger partial charge in [-0.05, 0) is 26.0 Å². The second-order valence-corrected chi connectivity index (χ2v) is 7.38. The Balaban J connectivity index is 2.60. The summed E-state index contributed by atoms with van der Waals surface area (Å²) in [4.78, 5) is 29.2. The molecule has 7 nitrogen and oxygen atoms in total. The molecule has 0 radical (unpaired) electrons. The number of nitrogens with one attached hydrogen (secondary N) is 2. The lowest BCUT2D eigenvalue weighted by Gasteiger charge is -2.14. The van der Waals surface area contributed by atoms with Crippen LogP contribution >= 0.6 is 8.38 Å². The summed E-state index contributed by atoms with van der Waals surface area (Å²) >= 11 is 0. The summed E-state index contributed by atoms with van der Waals surface area (Å²) in [5.41, 5.74) is 0.926. The van der Waals surface area contributed by atoms with Gasteiger partial charge in [-0.1, -0.05) is 17.7 Å². The van der Waals surface area contributed by atoms with Crippen molar-refractivity contribution < 1.29 is 23.0 Å². The van der Waals surface area contributed by atoms with Crippen molar-refractivity contribution in [3.63, 3.8) is 0 Å². The molecular formula is C11H17N2O5PS. The van der Waals surface area contributed by atoms with E-state index in [4.69, 9.17) is 9.79 Å². The lowest BCUT2D eigenvalue weighted by Crippen LogP contribution is -2.40. The topological polar surface area (TPSA) is 116 Å². The number of sulfonamides is 1. The van der Waals surface area contributed by atoms with Crippen molar-refractivity contribution in [2.45, 2.75) is 24.5 Å². The first-order chi connectivity index (χ1) is 9.22. The molecule has 0 aliphatic heterocycles. The third-order valence-electron chi connectivity index (χ3n) is 2.47. The van der Waals surface area contributed by atoms with E-state index in [-0.39, 0.29) is 4.90 Å². The zero-order valence-corrected chi connectivity index (χ0v) is 12.8. The van der Waals surface area contributed by atoms with Crippen molar-refractivity contribution in [2.24, 2.45) is 0 Å². The molecule has 1 aromatic rings. The Hall–Kier alpha value is -1.05. The van der Waals surface area contributed by atoms with E-state index in [0.29, 0.717) is 0 Å². The van der Waals surface area contributed by atoms with Gasteiger partial charge in [0.25, 0.3) is 0 Å². The van der Waals surface area contributed by atoms with Crippen molar-refractivity contribution in [1.29, 1.82) is 0 Å². The molecular weight excluding hydrogens is 303 g/mol. The summed E-state index contributed by atoms with van der Waals surface area (Å²) < 4.78 is 25.9. The minimum Gasteiger partial charge on any atom is -0.349 e. The summed E-state index contributed by atoms with van der Waals surface area (Å²) in [6, 6.07) is 6.20. The van der Waals surface area contributed by atoms with Crippen LogP contribution in [0.15, 0.2) is 29.2 Å². The first kappa shape index (κ1) is 17.0. The van der Waals surface area contributed by atoms with Gasteiger partial charge in [0.1, 0.15) is 0 Å². The van der Waals surface area contributed by atoms with Gasteiger partial charge >= 0.3 is 0 Å². The third-order valence-corrected chi connectivity index (χ3v) is 4.71. The smallest absolute Gasteiger partial charge is 0.241 e. The number of aryl methyl sites for hydroxylation is 1. The van der Waals surface area contributed by atoms with Crippen LogP contribution in [0.25, 0.3) is 0 Å². The van der Waals surface area contributed by atoms with Gasteiger partial charge in [-0.3, -0.25) is 4.79 Å². The predicted octanol–water partition coefficient (Wildman–Crippen LogP) is 0.0320. The van der Waals surface area contributed by atoms with E-state index in [9.17, 15) is 13.2 Å². The van der Waals surface area contributed by atoms with Gasteiger partial charge in [-0.2, -0.15) is 0 Å². The van der Waals surface area contributed by atoms with E-state index >= 15 is 0 Å². The molecule has 0 saturated carbocycles. The average molecular weight is 320 g/mol. The molecule has 0 heterocycles. The first-order valence-electron chi connectivity index (χ1n) is 5.75. The Morgan fingerprint density at radius 1 is 1.30 bits per heavy atom. The maximum atomic E-state index is 11.9. The van der Waals surface area contributed by atoms with Crippen molar-refractivity contribution in [3.8, 4) is 0 Å². The molecule has 9 heteroatoms. The monoisotopic (exact) mass is 320 g/mol. The van der Waals surface area contributed by atoms with Crippen LogP contribution in [0.3, 0.4) is 0 Å². The fourth-order valence-electron chi connectivity index (χ4n) is 1.30. The predicted molar refractivity (Wildman–Crippen MR) is 75.3 cm³/mol. The Morgan fingerprint density at radius 2 is 1.85 bits per heavy atom. The summed E-state index contributed by atoms with van der Waals surface area (Å²) in [7, 11) is -6.05. The maximum Gasteiger partial charge on any atom is 0.241 e. The van der Waals surface area contributed by atoms with Crippen LogP contribution in [-0.4, -0.2) is 36.4 Å². The molecule has 1 unspecified atom stereocenters. The molecule has 0 saturated heterocycles. The Kier molecular flexibility index (Phi) is 6.04. The molecule has 1 atom stereocenters. The fourth-order valence-corrected chi connectivity index (χ4v) is 2.54. The van der Waals surface area contributed by atoms with E-state index < -0.39 is 36.6 Å². The third kappa shape index (κ3) is 5.15. The standard InChI is InChI=1S/C11H17N2O5PS/c1-8-3-5-10(6-4-8)20(17,18)12-7-11(14)13-9(2)19(15)16/h3-6,9,12,15-16H,7H2,1-2H3,(H,13,14). The first-order valence-corrected chi connectivity index (χ1v) is 8.55. The second kappa shape index (κ2) is 7.10. The van der Waals surface area contributed by atoms with Crippen LogP contribution in [0, 0.1) is 6.92 Å². The summed E-state index contributed by atoms with van der Waals surface area (Å²) in [5, 5.41) is 2.28. The van der Waals surface area contributed by atoms with Gasteiger partial charge in [0.15, 0.2) is 8.38 Å². The van der Waals surface area contributed by atoms with Crippen molar-refractivity contribution in [3.05, 3.63) is 29.8 Å². The van der Waals surface area contributed by atoms with E-state index in [0.717, 1.165) is 5.56 Å². The highest BCUT2D eigenvalue weighted by Crippen LogP contribution is 2.27. The lowest BCUT2D eigenvalue weighted by atomic mass is 10.2. The van der Waals surface area contributed by atoms with Crippen molar-refractivity contribution in [1.82, 2.24) is 10.0 Å². The molecule has 0 bridgehead atoms. The van der Waals surface area contributed by atoms with Gasteiger partial charge < -0.3 is 15.1 Å². The number of benzene rings is 1. The minimum atomic E-state index is -3.76. The van der Waals surface area contributed by atoms with Crippen LogP contribution < -0.4 is 10.0 Å².